The van der Waals surface area contributed by atoms with E-state index in [2.05, 4.69) is 38.0 Å². The van der Waals surface area contributed by atoms with E-state index in [-0.39, 0.29) is 5.41 Å². The standard InChI is InChI=1S/C17H31N3O2/c1-5-18-16(20(4)10-12-6-8-21-11-12)19-14-13-7-9-22-15(13)17(14,2)3/h12-15H,5-11H2,1-4H3,(H,18,19). The molecule has 1 N–H and O–H groups in total. The predicted molar refractivity (Wildman–Crippen MR) is 88.1 cm³/mol. The van der Waals surface area contributed by atoms with E-state index in [0.29, 0.717) is 24.0 Å². The van der Waals surface area contributed by atoms with Crippen LogP contribution in [0.3, 0.4) is 0 Å². The van der Waals surface area contributed by atoms with Crippen molar-refractivity contribution < 1.29 is 9.47 Å². The molecule has 5 nitrogen and oxygen atoms in total. The van der Waals surface area contributed by atoms with Gasteiger partial charge in [-0.3, -0.25) is 4.99 Å². The highest BCUT2D eigenvalue weighted by Gasteiger charge is 2.59. The molecule has 3 rings (SSSR count). The molecule has 0 aromatic rings. The molecule has 0 spiro atoms. The van der Waals surface area contributed by atoms with Crippen molar-refractivity contribution in [3.63, 3.8) is 0 Å². The fourth-order valence-corrected chi connectivity index (χ4v) is 4.38. The summed E-state index contributed by atoms with van der Waals surface area (Å²) >= 11 is 0. The SMILES string of the molecule is CCN=C(NC1C2CCOC2C1(C)C)N(C)CC1CCOC1. The van der Waals surface area contributed by atoms with E-state index in [0.717, 1.165) is 45.3 Å². The lowest BCUT2D eigenvalue weighted by molar-refractivity contribution is -0.107. The maximum absolute atomic E-state index is 5.90. The number of ether oxygens (including phenoxy) is 2. The van der Waals surface area contributed by atoms with Gasteiger partial charge in [0.2, 0.25) is 0 Å². The van der Waals surface area contributed by atoms with Crippen molar-refractivity contribution in [2.45, 2.75) is 45.8 Å². The van der Waals surface area contributed by atoms with Crippen LogP contribution in [0.15, 0.2) is 4.99 Å². The minimum absolute atomic E-state index is 0.187. The summed E-state index contributed by atoms with van der Waals surface area (Å²) in [7, 11) is 2.15. The average molecular weight is 309 g/mol. The second kappa shape index (κ2) is 6.36. The minimum atomic E-state index is 0.187. The Labute approximate surface area is 134 Å². The molecular weight excluding hydrogens is 278 g/mol. The summed E-state index contributed by atoms with van der Waals surface area (Å²) in [6, 6.07) is 0.465. The second-order valence-electron chi connectivity index (χ2n) is 7.60. The highest BCUT2D eigenvalue weighted by atomic mass is 16.5. The molecule has 3 aliphatic rings. The van der Waals surface area contributed by atoms with Gasteiger partial charge in [-0.1, -0.05) is 13.8 Å². The normalized spacial score (nSPS) is 36.8. The zero-order valence-corrected chi connectivity index (χ0v) is 14.5. The van der Waals surface area contributed by atoms with Crippen LogP contribution in [0.25, 0.3) is 0 Å². The lowest BCUT2D eigenvalue weighted by atomic mass is 9.57. The maximum atomic E-state index is 5.90. The molecule has 3 fully saturated rings. The molecule has 1 aliphatic carbocycles. The van der Waals surface area contributed by atoms with Crippen LogP contribution in [0.4, 0.5) is 0 Å². The monoisotopic (exact) mass is 309 g/mol. The Morgan fingerprint density at radius 2 is 2.14 bits per heavy atom. The van der Waals surface area contributed by atoms with Crippen LogP contribution < -0.4 is 5.32 Å². The van der Waals surface area contributed by atoms with Gasteiger partial charge in [0.05, 0.1) is 12.7 Å². The molecule has 0 aromatic carbocycles. The van der Waals surface area contributed by atoms with Crippen molar-refractivity contribution in [3.05, 3.63) is 0 Å². The van der Waals surface area contributed by atoms with Gasteiger partial charge in [-0.05, 0) is 19.8 Å². The Hall–Kier alpha value is -0.810. The molecule has 4 unspecified atom stereocenters. The Morgan fingerprint density at radius 3 is 2.82 bits per heavy atom. The van der Waals surface area contributed by atoms with Crippen LogP contribution in [0, 0.1) is 17.3 Å². The van der Waals surface area contributed by atoms with Gasteiger partial charge in [-0.15, -0.1) is 0 Å². The first-order chi connectivity index (χ1) is 10.5. The van der Waals surface area contributed by atoms with E-state index in [4.69, 9.17) is 14.5 Å². The largest absolute Gasteiger partial charge is 0.381 e. The molecule has 0 aromatic heterocycles. The summed E-state index contributed by atoms with van der Waals surface area (Å²) < 4.78 is 11.4. The number of nitrogens with zero attached hydrogens (tertiary/aromatic N) is 2. The highest BCUT2D eigenvalue weighted by molar-refractivity contribution is 5.80. The van der Waals surface area contributed by atoms with E-state index in [1.54, 1.807) is 0 Å². The van der Waals surface area contributed by atoms with Crippen LogP contribution in [-0.2, 0) is 9.47 Å². The fraction of sp³-hybridized carbons (Fsp3) is 0.941. The lowest BCUT2D eigenvalue weighted by Gasteiger charge is -2.55. The first-order valence-electron chi connectivity index (χ1n) is 8.75. The Morgan fingerprint density at radius 1 is 1.32 bits per heavy atom. The summed E-state index contributed by atoms with van der Waals surface area (Å²) in [6.07, 6.45) is 2.75. The van der Waals surface area contributed by atoms with E-state index >= 15 is 0 Å². The molecule has 22 heavy (non-hydrogen) atoms. The molecule has 0 amide bonds. The Bertz CT molecular complexity index is 418. The molecular formula is C17H31N3O2. The average Bonchev–Trinajstić information content (AvgIpc) is 3.13. The van der Waals surface area contributed by atoms with Gasteiger partial charge in [0.15, 0.2) is 5.96 Å². The van der Waals surface area contributed by atoms with E-state index < -0.39 is 0 Å². The molecule has 2 saturated heterocycles. The molecule has 0 bridgehead atoms. The van der Waals surface area contributed by atoms with Crippen LogP contribution in [-0.4, -0.2) is 63.0 Å². The summed E-state index contributed by atoms with van der Waals surface area (Å²) in [4.78, 5) is 7.00. The van der Waals surface area contributed by atoms with Crippen molar-refractivity contribution in [1.82, 2.24) is 10.2 Å². The van der Waals surface area contributed by atoms with Gasteiger partial charge < -0.3 is 19.7 Å². The summed E-state index contributed by atoms with van der Waals surface area (Å²) in [5.74, 6) is 2.31. The van der Waals surface area contributed by atoms with E-state index in [1.165, 1.54) is 6.42 Å². The molecule has 4 atom stereocenters. The summed E-state index contributed by atoms with van der Waals surface area (Å²) in [6.45, 7) is 11.3. The first-order valence-corrected chi connectivity index (χ1v) is 8.75. The van der Waals surface area contributed by atoms with Gasteiger partial charge in [-0.25, -0.2) is 0 Å². The molecule has 0 radical (unpaired) electrons. The number of rotatable bonds is 4. The number of hydrogen-bond acceptors (Lipinski definition) is 3. The summed E-state index contributed by atoms with van der Waals surface area (Å²) in [5.41, 5.74) is 0.187. The quantitative estimate of drug-likeness (QED) is 0.635. The first kappa shape index (κ1) is 16.1. The van der Waals surface area contributed by atoms with E-state index in [1.807, 2.05) is 0 Å². The van der Waals surface area contributed by atoms with Gasteiger partial charge in [0.1, 0.15) is 0 Å². The van der Waals surface area contributed by atoms with Crippen LogP contribution in [0.1, 0.15) is 33.6 Å². The molecule has 1 saturated carbocycles. The maximum Gasteiger partial charge on any atom is 0.193 e. The van der Waals surface area contributed by atoms with Crippen LogP contribution >= 0.6 is 0 Å². The van der Waals surface area contributed by atoms with Crippen molar-refractivity contribution in [3.8, 4) is 0 Å². The third kappa shape index (κ3) is 2.85. The van der Waals surface area contributed by atoms with Crippen LogP contribution in [0.2, 0.25) is 0 Å². The smallest absolute Gasteiger partial charge is 0.193 e. The summed E-state index contributed by atoms with van der Waals surface area (Å²) in [5, 5.41) is 3.74. The number of fused-ring (bicyclic) bond motifs is 1. The Balaban J connectivity index is 1.63. The molecule has 5 heteroatoms. The predicted octanol–water partition coefficient (Wildman–Crippen LogP) is 1.73. The Kier molecular flexibility index (Phi) is 4.64. The van der Waals surface area contributed by atoms with Gasteiger partial charge in [-0.2, -0.15) is 0 Å². The van der Waals surface area contributed by atoms with Gasteiger partial charge >= 0.3 is 0 Å². The third-order valence-corrected chi connectivity index (χ3v) is 5.61. The topological polar surface area (TPSA) is 46.1 Å². The molecule has 2 heterocycles. The van der Waals surface area contributed by atoms with Crippen LogP contribution in [0.5, 0.6) is 0 Å². The fourth-order valence-electron chi connectivity index (χ4n) is 4.38. The second-order valence-corrected chi connectivity index (χ2v) is 7.60. The number of guanidine groups is 1. The van der Waals surface area contributed by atoms with Gasteiger partial charge in [0, 0.05) is 56.6 Å². The highest BCUT2D eigenvalue weighted by Crippen LogP contribution is 2.52. The van der Waals surface area contributed by atoms with Crippen molar-refractivity contribution in [1.29, 1.82) is 0 Å². The zero-order valence-electron chi connectivity index (χ0n) is 14.5. The van der Waals surface area contributed by atoms with Crippen molar-refractivity contribution in [2.24, 2.45) is 22.2 Å². The number of hydrogen-bond donors (Lipinski definition) is 1. The minimum Gasteiger partial charge on any atom is -0.381 e. The lowest BCUT2D eigenvalue weighted by Crippen LogP contribution is -2.68. The van der Waals surface area contributed by atoms with Crippen molar-refractivity contribution in [2.75, 3.05) is 40.0 Å². The molecule has 126 valence electrons. The number of aliphatic imine (C=N–C) groups is 1. The van der Waals surface area contributed by atoms with E-state index in [9.17, 15) is 0 Å². The molecule has 2 aliphatic heterocycles. The zero-order chi connectivity index (χ0) is 15.7. The number of nitrogens with one attached hydrogen (secondary N) is 1. The van der Waals surface area contributed by atoms with Gasteiger partial charge in [0.25, 0.3) is 0 Å². The third-order valence-electron chi connectivity index (χ3n) is 5.61. The van der Waals surface area contributed by atoms with Crippen molar-refractivity contribution >= 4 is 5.96 Å².